The minimum atomic E-state index is -0.133. The molecular formula is C14H18N4O2S. The van der Waals surface area contributed by atoms with Crippen LogP contribution in [0.2, 0.25) is 0 Å². The van der Waals surface area contributed by atoms with Gasteiger partial charge < -0.3 is 9.26 Å². The number of likely N-dealkylation sites (tertiary alicyclic amines) is 1. The third-order valence-corrected chi connectivity index (χ3v) is 5.27. The summed E-state index contributed by atoms with van der Waals surface area (Å²) in [6.45, 7) is 8.13. The minimum Gasteiger partial charge on any atom is -0.380 e. The highest BCUT2D eigenvalue weighted by molar-refractivity contribution is 7.09. The van der Waals surface area contributed by atoms with Crippen molar-refractivity contribution in [1.82, 2.24) is 20.0 Å². The van der Waals surface area contributed by atoms with Crippen molar-refractivity contribution in [2.24, 2.45) is 5.92 Å². The Balaban J connectivity index is 1.57. The zero-order chi connectivity index (χ0) is 14.4. The lowest BCUT2D eigenvalue weighted by atomic mass is 9.81. The van der Waals surface area contributed by atoms with Gasteiger partial charge in [-0.25, -0.2) is 4.98 Å². The summed E-state index contributed by atoms with van der Waals surface area (Å²) >= 11 is 1.70. The lowest BCUT2D eigenvalue weighted by Gasteiger charge is -2.22. The number of fused-ring (bicyclic) bond motifs is 1. The second-order valence-electron chi connectivity index (χ2n) is 6.04. The molecule has 2 saturated heterocycles. The van der Waals surface area contributed by atoms with Crippen molar-refractivity contribution < 1.29 is 9.26 Å². The molecule has 112 valence electrons. The molecule has 0 saturated carbocycles. The molecule has 2 aromatic rings. The number of nitrogens with zero attached hydrogens (tertiary/aromatic N) is 4. The third-order valence-electron chi connectivity index (χ3n) is 4.45. The van der Waals surface area contributed by atoms with Crippen LogP contribution in [-0.4, -0.2) is 46.3 Å². The van der Waals surface area contributed by atoms with Gasteiger partial charge in [0, 0.05) is 30.9 Å². The van der Waals surface area contributed by atoms with E-state index in [4.69, 9.17) is 9.26 Å². The quantitative estimate of drug-likeness (QED) is 0.857. The van der Waals surface area contributed by atoms with Gasteiger partial charge in [0.1, 0.15) is 0 Å². The molecule has 0 unspecified atom stereocenters. The van der Waals surface area contributed by atoms with Crippen molar-refractivity contribution in [3.8, 4) is 0 Å². The Labute approximate surface area is 127 Å². The maximum Gasteiger partial charge on any atom is 0.236 e. The monoisotopic (exact) mass is 306 g/mol. The lowest BCUT2D eigenvalue weighted by Crippen LogP contribution is -2.35. The Morgan fingerprint density at radius 3 is 3.05 bits per heavy atom. The van der Waals surface area contributed by atoms with Crippen LogP contribution in [0.25, 0.3) is 0 Å². The zero-order valence-corrected chi connectivity index (χ0v) is 13.0. The van der Waals surface area contributed by atoms with Gasteiger partial charge >= 0.3 is 0 Å². The summed E-state index contributed by atoms with van der Waals surface area (Å²) in [5.41, 5.74) is 1.02. The molecule has 4 heterocycles. The fraction of sp³-hybridized carbons (Fsp3) is 0.643. The molecule has 6 nitrogen and oxygen atoms in total. The Kier molecular flexibility index (Phi) is 3.09. The minimum absolute atomic E-state index is 0.133. The van der Waals surface area contributed by atoms with Crippen LogP contribution in [0.5, 0.6) is 0 Å². The number of aromatic nitrogens is 3. The van der Waals surface area contributed by atoms with Crippen molar-refractivity contribution in [3.63, 3.8) is 0 Å². The molecule has 0 aliphatic carbocycles. The van der Waals surface area contributed by atoms with Crippen LogP contribution in [-0.2, 0) is 16.7 Å². The van der Waals surface area contributed by atoms with Gasteiger partial charge in [-0.3, -0.25) is 4.90 Å². The molecule has 0 aromatic carbocycles. The second-order valence-corrected chi connectivity index (χ2v) is 7.10. The van der Waals surface area contributed by atoms with Crippen LogP contribution in [0.15, 0.2) is 9.90 Å². The highest BCUT2D eigenvalue weighted by Crippen LogP contribution is 2.43. The zero-order valence-electron chi connectivity index (χ0n) is 12.2. The predicted molar refractivity (Wildman–Crippen MR) is 77.2 cm³/mol. The molecule has 0 amide bonds. The highest BCUT2D eigenvalue weighted by atomic mass is 32.1. The third kappa shape index (κ3) is 2.20. The van der Waals surface area contributed by atoms with Gasteiger partial charge in [0.25, 0.3) is 0 Å². The van der Waals surface area contributed by atoms with E-state index in [9.17, 15) is 0 Å². The Morgan fingerprint density at radius 1 is 1.43 bits per heavy atom. The van der Waals surface area contributed by atoms with Gasteiger partial charge in [0.05, 0.1) is 29.3 Å². The van der Waals surface area contributed by atoms with Gasteiger partial charge in [-0.15, -0.1) is 11.3 Å². The van der Waals surface area contributed by atoms with Crippen molar-refractivity contribution in [2.45, 2.75) is 25.8 Å². The smallest absolute Gasteiger partial charge is 0.236 e. The summed E-state index contributed by atoms with van der Waals surface area (Å²) in [7, 11) is 0. The van der Waals surface area contributed by atoms with E-state index < -0.39 is 0 Å². The lowest BCUT2D eigenvalue weighted by molar-refractivity contribution is 0.137. The Bertz CT molecular complexity index is 655. The van der Waals surface area contributed by atoms with Crippen LogP contribution < -0.4 is 0 Å². The first kappa shape index (κ1) is 13.4. The highest BCUT2D eigenvalue weighted by Gasteiger charge is 2.55. The first-order valence-corrected chi connectivity index (χ1v) is 8.05. The van der Waals surface area contributed by atoms with E-state index in [0.29, 0.717) is 18.3 Å². The first-order valence-electron chi connectivity index (χ1n) is 7.18. The SMILES string of the molecule is Cc1noc([C@]23COC[C@H]2CN(Cc2csc(C)n2)C3)n1. The maximum absolute atomic E-state index is 5.71. The van der Waals surface area contributed by atoms with Gasteiger partial charge in [0.2, 0.25) is 5.89 Å². The van der Waals surface area contributed by atoms with E-state index in [0.717, 1.165) is 42.8 Å². The van der Waals surface area contributed by atoms with E-state index in [-0.39, 0.29) is 5.41 Å². The van der Waals surface area contributed by atoms with Crippen LogP contribution in [0.4, 0.5) is 0 Å². The van der Waals surface area contributed by atoms with Gasteiger partial charge in [-0.1, -0.05) is 5.16 Å². The molecule has 2 atom stereocenters. The number of ether oxygens (including phenoxy) is 1. The number of rotatable bonds is 3. The molecular weight excluding hydrogens is 288 g/mol. The van der Waals surface area contributed by atoms with E-state index in [1.165, 1.54) is 0 Å². The topological polar surface area (TPSA) is 64.3 Å². The fourth-order valence-corrected chi connectivity index (χ4v) is 4.08. The number of hydrogen-bond acceptors (Lipinski definition) is 7. The fourth-order valence-electron chi connectivity index (χ4n) is 3.47. The molecule has 0 N–H and O–H groups in total. The molecule has 0 bridgehead atoms. The Morgan fingerprint density at radius 2 is 2.33 bits per heavy atom. The van der Waals surface area contributed by atoms with E-state index in [2.05, 4.69) is 25.4 Å². The van der Waals surface area contributed by atoms with E-state index in [1.807, 2.05) is 13.8 Å². The van der Waals surface area contributed by atoms with Crippen molar-refractivity contribution >= 4 is 11.3 Å². The normalized spacial score (nSPS) is 29.1. The van der Waals surface area contributed by atoms with Crippen LogP contribution >= 0.6 is 11.3 Å². The summed E-state index contributed by atoms with van der Waals surface area (Å²) in [6, 6.07) is 0. The van der Waals surface area contributed by atoms with Crippen LogP contribution in [0, 0.1) is 19.8 Å². The number of hydrogen-bond donors (Lipinski definition) is 0. The molecule has 2 aliphatic rings. The van der Waals surface area contributed by atoms with E-state index in [1.54, 1.807) is 11.3 Å². The van der Waals surface area contributed by atoms with Crippen LogP contribution in [0.3, 0.4) is 0 Å². The summed E-state index contributed by atoms with van der Waals surface area (Å²) in [4.78, 5) is 11.5. The number of thiazole rings is 1. The average molecular weight is 306 g/mol. The van der Waals surface area contributed by atoms with Gasteiger partial charge in [-0.05, 0) is 13.8 Å². The van der Waals surface area contributed by atoms with E-state index >= 15 is 0 Å². The molecule has 2 aliphatic heterocycles. The van der Waals surface area contributed by atoms with Crippen molar-refractivity contribution in [1.29, 1.82) is 0 Å². The molecule has 2 aromatic heterocycles. The standard InChI is InChI=1S/C14H18N4O2S/c1-9-15-13(20-17-9)14-7-18(3-11(14)5-19-8-14)4-12-6-21-10(2)16-12/h6,11H,3-5,7-8H2,1-2H3/t11-,14-/m1/s1. The summed E-state index contributed by atoms with van der Waals surface area (Å²) in [5, 5.41) is 7.22. The Hall–Kier alpha value is -1.31. The predicted octanol–water partition coefficient (Wildman–Crippen LogP) is 1.54. The summed E-state index contributed by atoms with van der Waals surface area (Å²) in [5.74, 6) is 1.86. The molecule has 0 radical (unpaired) electrons. The van der Waals surface area contributed by atoms with Crippen molar-refractivity contribution in [2.75, 3.05) is 26.3 Å². The summed E-state index contributed by atoms with van der Waals surface area (Å²) < 4.78 is 11.2. The largest absolute Gasteiger partial charge is 0.380 e. The van der Waals surface area contributed by atoms with Gasteiger partial charge in [0.15, 0.2) is 5.82 Å². The molecule has 4 rings (SSSR count). The molecule has 0 spiro atoms. The molecule has 21 heavy (non-hydrogen) atoms. The first-order chi connectivity index (χ1) is 10.2. The number of aryl methyl sites for hydroxylation is 2. The molecule has 2 fully saturated rings. The van der Waals surface area contributed by atoms with Crippen molar-refractivity contribution in [3.05, 3.63) is 27.8 Å². The van der Waals surface area contributed by atoms with Crippen LogP contribution in [0.1, 0.15) is 22.4 Å². The average Bonchev–Trinajstić information content (AvgIpc) is 3.14. The van der Waals surface area contributed by atoms with Gasteiger partial charge in [-0.2, -0.15) is 4.98 Å². The maximum atomic E-state index is 5.71. The molecule has 7 heteroatoms. The summed E-state index contributed by atoms with van der Waals surface area (Å²) in [6.07, 6.45) is 0. The second kappa shape index (κ2) is 4.86.